The van der Waals surface area contributed by atoms with E-state index in [1.54, 1.807) is 12.1 Å². The number of fused-ring (bicyclic) bond motifs is 1. The van der Waals surface area contributed by atoms with Gasteiger partial charge in [-0.25, -0.2) is 4.39 Å². The Morgan fingerprint density at radius 3 is 2.83 bits per heavy atom. The first-order chi connectivity index (χ1) is 5.79. The van der Waals surface area contributed by atoms with Gasteiger partial charge in [0.25, 0.3) is 0 Å². The van der Waals surface area contributed by atoms with Gasteiger partial charge in [0, 0.05) is 11.6 Å². The van der Waals surface area contributed by atoms with E-state index in [1.165, 1.54) is 12.3 Å². The number of pyridine rings is 1. The van der Waals surface area contributed by atoms with Crippen molar-refractivity contribution in [2.75, 3.05) is 0 Å². The number of nitrogens with zero attached hydrogens (tertiary/aromatic N) is 1. The molecule has 0 saturated carbocycles. The van der Waals surface area contributed by atoms with Gasteiger partial charge in [0.1, 0.15) is 5.82 Å². The van der Waals surface area contributed by atoms with Crippen molar-refractivity contribution in [3.8, 4) is 5.75 Å². The Morgan fingerprint density at radius 1 is 1.25 bits per heavy atom. The van der Waals surface area contributed by atoms with Crippen LogP contribution < -0.4 is 5.11 Å². The highest BCUT2D eigenvalue weighted by molar-refractivity contribution is 5.84. The summed E-state index contributed by atoms with van der Waals surface area (Å²) in [6, 6.07) is 5.49. The third kappa shape index (κ3) is 0.906. The molecule has 0 aliphatic heterocycles. The van der Waals surface area contributed by atoms with Crippen LogP contribution in [0.15, 0.2) is 30.5 Å². The van der Waals surface area contributed by atoms with E-state index >= 15 is 0 Å². The summed E-state index contributed by atoms with van der Waals surface area (Å²) >= 11 is 0. The molecule has 2 nitrogen and oxygen atoms in total. The van der Waals surface area contributed by atoms with Gasteiger partial charge in [-0.15, -0.1) is 0 Å². The van der Waals surface area contributed by atoms with Crippen LogP contribution in [0.25, 0.3) is 10.9 Å². The van der Waals surface area contributed by atoms with E-state index in [0.717, 1.165) is 6.07 Å². The molecule has 0 saturated heterocycles. The summed E-state index contributed by atoms with van der Waals surface area (Å²) in [6.07, 6.45) is 1.48. The zero-order valence-corrected chi connectivity index (χ0v) is 6.12. The van der Waals surface area contributed by atoms with Crippen LogP contribution in [0.3, 0.4) is 0 Å². The van der Waals surface area contributed by atoms with Gasteiger partial charge in [-0.1, -0.05) is 11.8 Å². The van der Waals surface area contributed by atoms with E-state index in [1.807, 2.05) is 0 Å². The molecule has 1 aromatic carbocycles. The third-order valence-electron chi connectivity index (χ3n) is 1.68. The van der Waals surface area contributed by atoms with Gasteiger partial charge in [0.05, 0.1) is 5.52 Å². The second kappa shape index (κ2) is 2.44. The van der Waals surface area contributed by atoms with Crippen molar-refractivity contribution >= 4 is 10.9 Å². The Balaban J connectivity index is 2.95. The standard InChI is InChI=1S/C9H6FNO/c10-7-3-4-8(12)9-6(7)2-1-5-11-9/h1-5,12H/p-1. The lowest BCUT2D eigenvalue weighted by atomic mass is 10.2. The smallest absolute Gasteiger partial charge is 0.132 e. The SMILES string of the molecule is [O-]c1ccc(F)c2cccnc12. The molecule has 2 aromatic rings. The topological polar surface area (TPSA) is 36.0 Å². The number of rotatable bonds is 0. The number of benzene rings is 1. The van der Waals surface area contributed by atoms with Crippen molar-refractivity contribution in [3.63, 3.8) is 0 Å². The molecule has 0 N–H and O–H groups in total. The van der Waals surface area contributed by atoms with Crippen LogP contribution in [0.2, 0.25) is 0 Å². The maximum atomic E-state index is 13.0. The summed E-state index contributed by atoms with van der Waals surface area (Å²) in [7, 11) is 0. The summed E-state index contributed by atoms with van der Waals surface area (Å²) in [5.41, 5.74) is 0.192. The van der Waals surface area contributed by atoms with E-state index in [-0.39, 0.29) is 16.7 Å². The molecule has 0 aliphatic carbocycles. The maximum Gasteiger partial charge on any atom is 0.132 e. The van der Waals surface area contributed by atoms with E-state index in [9.17, 15) is 9.50 Å². The summed E-state index contributed by atoms with van der Waals surface area (Å²) in [5.74, 6) is -0.648. The quantitative estimate of drug-likeness (QED) is 0.587. The predicted octanol–water partition coefficient (Wildman–Crippen LogP) is 1.45. The average Bonchev–Trinajstić information content (AvgIpc) is 2.12. The van der Waals surface area contributed by atoms with Gasteiger partial charge in [0.2, 0.25) is 0 Å². The van der Waals surface area contributed by atoms with Crippen LogP contribution >= 0.6 is 0 Å². The number of aromatic nitrogens is 1. The van der Waals surface area contributed by atoms with Crippen LogP contribution in [-0.4, -0.2) is 4.98 Å². The zero-order valence-electron chi connectivity index (χ0n) is 6.12. The molecule has 1 aromatic heterocycles. The number of hydrogen-bond acceptors (Lipinski definition) is 2. The second-order valence-electron chi connectivity index (χ2n) is 2.45. The highest BCUT2D eigenvalue weighted by Gasteiger charge is 1.99. The van der Waals surface area contributed by atoms with Gasteiger partial charge in [-0.3, -0.25) is 4.98 Å². The molecule has 0 unspecified atom stereocenters. The normalized spacial score (nSPS) is 10.4. The minimum Gasteiger partial charge on any atom is -0.871 e. The molecule has 0 spiro atoms. The molecule has 12 heavy (non-hydrogen) atoms. The van der Waals surface area contributed by atoms with Crippen LogP contribution in [0.4, 0.5) is 4.39 Å². The molecule has 0 fully saturated rings. The molecule has 0 amide bonds. The summed E-state index contributed by atoms with van der Waals surface area (Å²) in [6.45, 7) is 0. The lowest BCUT2D eigenvalue weighted by Gasteiger charge is -2.08. The first-order valence-corrected chi connectivity index (χ1v) is 3.49. The highest BCUT2D eigenvalue weighted by Crippen LogP contribution is 2.21. The molecule has 0 bridgehead atoms. The lowest BCUT2D eigenvalue weighted by Crippen LogP contribution is -1.93. The van der Waals surface area contributed by atoms with Gasteiger partial charge in [0.15, 0.2) is 0 Å². The Bertz CT molecular complexity index is 387. The van der Waals surface area contributed by atoms with Gasteiger partial charge in [-0.05, 0) is 18.2 Å². The molecule has 0 aliphatic rings. The minimum absolute atomic E-state index is 0.192. The monoisotopic (exact) mass is 162 g/mol. The van der Waals surface area contributed by atoms with Crippen LogP contribution in [0.1, 0.15) is 0 Å². The van der Waals surface area contributed by atoms with Crippen LogP contribution in [-0.2, 0) is 0 Å². The van der Waals surface area contributed by atoms with Gasteiger partial charge < -0.3 is 5.11 Å². The summed E-state index contributed by atoms with van der Waals surface area (Å²) < 4.78 is 13.0. The van der Waals surface area contributed by atoms with E-state index in [0.29, 0.717) is 0 Å². The Labute approximate surface area is 68.3 Å². The fourth-order valence-electron chi connectivity index (χ4n) is 1.11. The average molecular weight is 162 g/mol. The molecule has 1 heterocycles. The van der Waals surface area contributed by atoms with Gasteiger partial charge >= 0.3 is 0 Å². The van der Waals surface area contributed by atoms with Crippen molar-refractivity contribution in [1.82, 2.24) is 4.98 Å². The first kappa shape index (κ1) is 7.03. The lowest BCUT2D eigenvalue weighted by molar-refractivity contribution is -0.266. The summed E-state index contributed by atoms with van der Waals surface area (Å²) in [5, 5.41) is 11.4. The zero-order chi connectivity index (χ0) is 8.55. The first-order valence-electron chi connectivity index (χ1n) is 3.49. The van der Waals surface area contributed by atoms with E-state index < -0.39 is 5.82 Å². The maximum absolute atomic E-state index is 13.0. The molecule has 2 rings (SSSR count). The van der Waals surface area contributed by atoms with E-state index in [4.69, 9.17) is 0 Å². The third-order valence-corrected chi connectivity index (χ3v) is 1.68. The van der Waals surface area contributed by atoms with Crippen molar-refractivity contribution < 1.29 is 9.50 Å². The van der Waals surface area contributed by atoms with Crippen molar-refractivity contribution in [1.29, 1.82) is 0 Å². The van der Waals surface area contributed by atoms with Crippen LogP contribution in [0, 0.1) is 5.82 Å². The molecule has 60 valence electrons. The fourth-order valence-corrected chi connectivity index (χ4v) is 1.11. The molecular weight excluding hydrogens is 157 g/mol. The Hall–Kier alpha value is -1.64. The highest BCUT2D eigenvalue weighted by atomic mass is 19.1. The summed E-state index contributed by atoms with van der Waals surface area (Å²) in [4.78, 5) is 3.79. The Morgan fingerprint density at radius 2 is 2.08 bits per heavy atom. The minimum atomic E-state index is -0.405. The fraction of sp³-hybridized carbons (Fsp3) is 0. The largest absolute Gasteiger partial charge is 0.871 e. The van der Waals surface area contributed by atoms with Crippen molar-refractivity contribution in [2.45, 2.75) is 0 Å². The van der Waals surface area contributed by atoms with Crippen molar-refractivity contribution in [3.05, 3.63) is 36.3 Å². The van der Waals surface area contributed by atoms with Gasteiger partial charge in [-0.2, -0.15) is 0 Å². The molecule has 3 heteroatoms. The number of halogens is 1. The van der Waals surface area contributed by atoms with Crippen LogP contribution in [0.5, 0.6) is 5.75 Å². The molecule has 0 radical (unpaired) electrons. The predicted molar refractivity (Wildman–Crippen MR) is 41.1 cm³/mol. The van der Waals surface area contributed by atoms with Crippen molar-refractivity contribution in [2.24, 2.45) is 0 Å². The molecular formula is C9H5FNO-. The number of hydrogen-bond donors (Lipinski definition) is 0. The Kier molecular flexibility index (Phi) is 1.43. The second-order valence-corrected chi connectivity index (χ2v) is 2.45. The molecule has 0 atom stereocenters. The van der Waals surface area contributed by atoms with E-state index in [2.05, 4.69) is 4.98 Å².